The van der Waals surface area contributed by atoms with Crippen molar-refractivity contribution in [2.75, 3.05) is 0 Å². The summed E-state index contributed by atoms with van der Waals surface area (Å²) in [5.74, 6) is 0.474. The molecule has 2 heterocycles. The molecule has 0 aliphatic heterocycles. The molecule has 5 rings (SSSR count). The summed E-state index contributed by atoms with van der Waals surface area (Å²) < 4.78 is 41.2. The normalized spacial score (nSPS) is 11.3. The van der Waals surface area contributed by atoms with Crippen LogP contribution in [0.25, 0.3) is 16.9 Å². The summed E-state index contributed by atoms with van der Waals surface area (Å²) in [7, 11) is 0. The smallest absolute Gasteiger partial charge is 0.237 e. The minimum Gasteiger partial charge on any atom is -0.237 e. The summed E-state index contributed by atoms with van der Waals surface area (Å²) in [5.41, 5.74) is 3.60. The third-order valence-corrected chi connectivity index (χ3v) is 5.42. The van der Waals surface area contributed by atoms with Crippen molar-refractivity contribution in [3.8, 4) is 16.9 Å². The quantitative estimate of drug-likeness (QED) is 0.258. The second-order valence-corrected chi connectivity index (χ2v) is 7.77. The van der Waals surface area contributed by atoms with Gasteiger partial charge in [0, 0.05) is 22.9 Å². The van der Waals surface area contributed by atoms with E-state index in [1.54, 1.807) is 36.7 Å². The second kappa shape index (κ2) is 9.38. The topological polar surface area (TPSA) is 43.1 Å². The van der Waals surface area contributed by atoms with E-state index in [0.29, 0.717) is 17.2 Å². The molecular weight excluding hydrogens is 449 g/mol. The maximum absolute atomic E-state index is 13.2. The second-order valence-electron chi connectivity index (χ2n) is 7.77. The van der Waals surface area contributed by atoms with Crippen molar-refractivity contribution in [3.63, 3.8) is 0 Å². The molecule has 0 saturated carbocycles. The van der Waals surface area contributed by atoms with E-state index in [9.17, 15) is 13.2 Å². The highest BCUT2D eigenvalue weighted by Gasteiger charge is 2.30. The lowest BCUT2D eigenvalue weighted by Crippen LogP contribution is -2.07. The molecule has 3 aromatic carbocycles. The lowest BCUT2D eigenvalue weighted by Gasteiger charge is -2.12. The Balaban J connectivity index is 1.57. The Morgan fingerprint density at radius 3 is 2.06 bits per heavy atom. The number of rotatable bonds is 5. The first-order chi connectivity index (χ1) is 17.0. The van der Waals surface area contributed by atoms with Gasteiger partial charge < -0.3 is 0 Å². The largest absolute Gasteiger partial charge is 0.416 e. The maximum atomic E-state index is 13.2. The SMILES string of the molecule is FC(F)(F)c1cccc(-n2nccc2-c2ccnc(N=C(c3ccccc3)c3ccccc3)c2)c1. The fourth-order valence-electron chi connectivity index (χ4n) is 3.78. The van der Waals surface area contributed by atoms with Crippen LogP contribution in [0.5, 0.6) is 0 Å². The van der Waals surface area contributed by atoms with Crippen molar-refractivity contribution in [1.29, 1.82) is 0 Å². The van der Waals surface area contributed by atoms with E-state index < -0.39 is 11.7 Å². The zero-order valence-corrected chi connectivity index (χ0v) is 18.4. The van der Waals surface area contributed by atoms with Gasteiger partial charge in [-0.1, -0.05) is 66.7 Å². The van der Waals surface area contributed by atoms with Gasteiger partial charge in [-0.15, -0.1) is 0 Å². The number of halogens is 3. The molecule has 0 N–H and O–H groups in total. The Bertz CT molecular complexity index is 1430. The van der Waals surface area contributed by atoms with Gasteiger partial charge in [0.25, 0.3) is 0 Å². The van der Waals surface area contributed by atoms with Crippen molar-refractivity contribution in [2.24, 2.45) is 4.99 Å². The fraction of sp³-hybridized carbons (Fsp3) is 0.0357. The molecule has 7 heteroatoms. The molecular formula is C28H19F3N4. The van der Waals surface area contributed by atoms with Gasteiger partial charge in [-0.3, -0.25) is 0 Å². The summed E-state index contributed by atoms with van der Waals surface area (Å²) in [6.45, 7) is 0. The molecule has 0 spiro atoms. The van der Waals surface area contributed by atoms with Crippen LogP contribution < -0.4 is 0 Å². The van der Waals surface area contributed by atoms with Crippen LogP contribution in [0.1, 0.15) is 16.7 Å². The van der Waals surface area contributed by atoms with Gasteiger partial charge in [-0.2, -0.15) is 18.3 Å². The minimum absolute atomic E-state index is 0.316. The molecule has 0 unspecified atom stereocenters. The maximum Gasteiger partial charge on any atom is 0.416 e. The number of alkyl halides is 3. The van der Waals surface area contributed by atoms with Crippen molar-refractivity contribution < 1.29 is 13.2 Å². The van der Waals surface area contributed by atoms with Gasteiger partial charge in [-0.05, 0) is 36.4 Å². The Kier molecular flexibility index (Phi) is 5.97. The predicted octanol–water partition coefficient (Wildman–Crippen LogP) is 7.12. The van der Waals surface area contributed by atoms with Crippen molar-refractivity contribution in [1.82, 2.24) is 14.8 Å². The molecule has 172 valence electrons. The minimum atomic E-state index is -4.44. The van der Waals surface area contributed by atoms with Crippen LogP contribution in [0.15, 0.2) is 121 Å². The van der Waals surface area contributed by atoms with Gasteiger partial charge in [0.2, 0.25) is 0 Å². The van der Waals surface area contributed by atoms with Crippen molar-refractivity contribution in [3.05, 3.63) is 132 Å². The molecule has 0 radical (unpaired) electrons. The van der Waals surface area contributed by atoms with Crippen molar-refractivity contribution in [2.45, 2.75) is 6.18 Å². The van der Waals surface area contributed by atoms with E-state index in [1.807, 2.05) is 60.7 Å². The van der Waals surface area contributed by atoms with Crippen LogP contribution >= 0.6 is 0 Å². The van der Waals surface area contributed by atoms with Crippen LogP contribution in [0, 0.1) is 0 Å². The zero-order valence-electron chi connectivity index (χ0n) is 18.4. The lowest BCUT2D eigenvalue weighted by molar-refractivity contribution is -0.137. The molecule has 0 aliphatic rings. The monoisotopic (exact) mass is 468 g/mol. The first-order valence-electron chi connectivity index (χ1n) is 10.9. The third-order valence-electron chi connectivity index (χ3n) is 5.42. The van der Waals surface area contributed by atoms with Gasteiger partial charge in [0.15, 0.2) is 5.82 Å². The van der Waals surface area contributed by atoms with Crippen molar-refractivity contribution >= 4 is 11.5 Å². The average molecular weight is 468 g/mol. The Labute approximate surface area is 200 Å². The van der Waals surface area contributed by atoms with E-state index in [0.717, 1.165) is 34.5 Å². The third kappa shape index (κ3) is 4.89. The highest BCUT2D eigenvalue weighted by atomic mass is 19.4. The average Bonchev–Trinajstić information content (AvgIpc) is 3.38. The zero-order chi connectivity index (χ0) is 24.3. The molecule has 2 aromatic heterocycles. The van der Waals surface area contributed by atoms with Crippen LogP contribution in [0.4, 0.5) is 19.0 Å². The Morgan fingerprint density at radius 2 is 1.40 bits per heavy atom. The van der Waals surface area contributed by atoms with Crippen LogP contribution in [-0.2, 0) is 6.18 Å². The summed E-state index contributed by atoms with van der Waals surface area (Å²) in [5, 5.41) is 4.26. The van der Waals surface area contributed by atoms with E-state index >= 15 is 0 Å². The summed E-state index contributed by atoms with van der Waals surface area (Å²) in [6.07, 6.45) is -1.25. The van der Waals surface area contributed by atoms with Crippen LogP contribution in [0.2, 0.25) is 0 Å². The standard InChI is InChI=1S/C28H19F3N4/c29-28(30,31)23-12-7-13-24(19-23)35-25(15-17-33-35)22-14-16-32-26(18-22)34-27(20-8-3-1-4-9-20)21-10-5-2-6-11-21/h1-19H. The highest BCUT2D eigenvalue weighted by Crippen LogP contribution is 2.32. The van der Waals surface area contributed by atoms with Crippen LogP contribution in [0.3, 0.4) is 0 Å². The van der Waals surface area contributed by atoms with E-state index in [2.05, 4.69) is 10.1 Å². The van der Waals surface area contributed by atoms with Gasteiger partial charge in [0.05, 0.1) is 28.9 Å². The number of nitrogens with zero attached hydrogens (tertiary/aromatic N) is 4. The molecule has 0 atom stereocenters. The molecule has 35 heavy (non-hydrogen) atoms. The summed E-state index contributed by atoms with van der Waals surface area (Å²) in [6, 6.07) is 30.0. The first-order valence-corrected chi connectivity index (χ1v) is 10.9. The molecule has 0 saturated heterocycles. The molecule has 0 amide bonds. The number of hydrogen-bond donors (Lipinski definition) is 0. The Morgan fingerprint density at radius 1 is 0.714 bits per heavy atom. The summed E-state index contributed by atoms with van der Waals surface area (Å²) in [4.78, 5) is 9.27. The number of pyridine rings is 1. The first kappa shape index (κ1) is 22.3. The predicted molar refractivity (Wildman–Crippen MR) is 130 cm³/mol. The molecule has 4 nitrogen and oxygen atoms in total. The van der Waals surface area contributed by atoms with Gasteiger partial charge >= 0.3 is 6.18 Å². The lowest BCUT2D eigenvalue weighted by atomic mass is 10.0. The molecule has 0 aliphatic carbocycles. The Hall–Kier alpha value is -4.52. The molecule has 5 aromatic rings. The molecule has 0 fully saturated rings. The molecule has 0 bridgehead atoms. The van der Waals surface area contributed by atoms with Gasteiger partial charge in [0.1, 0.15) is 0 Å². The van der Waals surface area contributed by atoms with Gasteiger partial charge in [-0.25, -0.2) is 14.7 Å². The summed E-state index contributed by atoms with van der Waals surface area (Å²) >= 11 is 0. The van der Waals surface area contributed by atoms with E-state index in [4.69, 9.17) is 4.99 Å². The highest BCUT2D eigenvalue weighted by molar-refractivity contribution is 6.13. The number of benzene rings is 3. The number of hydrogen-bond acceptors (Lipinski definition) is 3. The van der Waals surface area contributed by atoms with E-state index in [-0.39, 0.29) is 0 Å². The number of aromatic nitrogens is 3. The fourth-order valence-corrected chi connectivity index (χ4v) is 3.78. The van der Waals surface area contributed by atoms with Crippen LogP contribution in [-0.4, -0.2) is 20.5 Å². The number of aliphatic imine (C=N–C) groups is 1. The van der Waals surface area contributed by atoms with E-state index in [1.165, 1.54) is 10.7 Å².